The van der Waals surface area contributed by atoms with Crippen molar-refractivity contribution in [2.75, 3.05) is 18.1 Å². The molecule has 180 valence electrons. The van der Waals surface area contributed by atoms with Gasteiger partial charge in [0.05, 0.1) is 17.3 Å². The highest BCUT2D eigenvalue weighted by Crippen LogP contribution is 2.41. The normalized spacial score (nSPS) is 17.2. The lowest BCUT2D eigenvalue weighted by molar-refractivity contribution is 0.171. The van der Waals surface area contributed by atoms with Crippen LogP contribution in [0.25, 0.3) is 17.0 Å². The number of aryl methyl sites for hydroxylation is 1. The Balaban J connectivity index is 1.47. The van der Waals surface area contributed by atoms with Gasteiger partial charge < -0.3 is 19.3 Å². The number of hydrogen-bond donors (Lipinski definition) is 1. The molecule has 0 bridgehead atoms. The maximum atomic E-state index is 5.86. The first-order chi connectivity index (χ1) is 17.6. The average Bonchev–Trinajstić information content (AvgIpc) is 3.39. The van der Waals surface area contributed by atoms with Crippen molar-refractivity contribution < 1.29 is 14.0 Å². The fourth-order valence-corrected chi connectivity index (χ4v) is 4.91. The van der Waals surface area contributed by atoms with Crippen molar-refractivity contribution in [3.8, 4) is 22.9 Å². The average molecular weight is 497 g/mol. The van der Waals surface area contributed by atoms with Gasteiger partial charge in [-0.25, -0.2) is 0 Å². The van der Waals surface area contributed by atoms with Crippen LogP contribution in [0.3, 0.4) is 0 Å². The zero-order valence-electron chi connectivity index (χ0n) is 19.9. The van der Waals surface area contributed by atoms with Gasteiger partial charge in [0.15, 0.2) is 16.6 Å². The van der Waals surface area contributed by atoms with Gasteiger partial charge in [0.1, 0.15) is 13.2 Å². The molecule has 0 aliphatic carbocycles. The Morgan fingerprint density at radius 1 is 0.917 bits per heavy atom. The van der Waals surface area contributed by atoms with Crippen molar-refractivity contribution in [3.63, 3.8) is 0 Å². The molecule has 6 rings (SSSR count). The van der Waals surface area contributed by atoms with Gasteiger partial charge in [-0.1, -0.05) is 65.3 Å². The molecule has 1 aromatic heterocycles. The van der Waals surface area contributed by atoms with E-state index in [0.29, 0.717) is 35.8 Å². The van der Waals surface area contributed by atoms with Crippen molar-refractivity contribution in [2.24, 2.45) is 0 Å². The third-order valence-electron chi connectivity index (χ3n) is 6.37. The van der Waals surface area contributed by atoms with E-state index < -0.39 is 0 Å². The molecule has 8 heteroatoms. The summed E-state index contributed by atoms with van der Waals surface area (Å²) in [5.41, 5.74) is 5.72. The van der Waals surface area contributed by atoms with Crippen molar-refractivity contribution in [1.29, 1.82) is 0 Å². The van der Waals surface area contributed by atoms with E-state index in [0.717, 1.165) is 33.8 Å². The number of allylic oxidation sites excluding steroid dienone is 1. The summed E-state index contributed by atoms with van der Waals surface area (Å²) in [5, 5.41) is 8.36. The Morgan fingerprint density at radius 2 is 1.67 bits per heavy atom. The van der Waals surface area contributed by atoms with Gasteiger partial charge in [-0.2, -0.15) is 4.98 Å². The van der Waals surface area contributed by atoms with Crippen molar-refractivity contribution >= 4 is 28.6 Å². The van der Waals surface area contributed by atoms with Crippen LogP contribution in [0.2, 0.25) is 0 Å². The maximum absolute atomic E-state index is 5.86. The van der Waals surface area contributed by atoms with E-state index in [4.69, 9.17) is 31.2 Å². The summed E-state index contributed by atoms with van der Waals surface area (Å²) >= 11 is 5.86. The van der Waals surface area contributed by atoms with Gasteiger partial charge >= 0.3 is 0 Å². The Kier molecular flexibility index (Phi) is 5.65. The van der Waals surface area contributed by atoms with Crippen molar-refractivity contribution in [2.45, 2.75) is 19.9 Å². The number of aromatic nitrogens is 2. The highest BCUT2D eigenvalue weighted by molar-refractivity contribution is 7.80. The molecule has 0 saturated carbocycles. The molecule has 7 nitrogen and oxygen atoms in total. The summed E-state index contributed by atoms with van der Waals surface area (Å²) in [5.74, 6) is 2.40. The van der Waals surface area contributed by atoms with E-state index in [2.05, 4.69) is 22.6 Å². The molecule has 0 radical (unpaired) electrons. The lowest BCUT2D eigenvalue weighted by Crippen LogP contribution is -2.46. The smallest absolute Gasteiger partial charge is 0.258 e. The number of nitrogens with zero attached hydrogens (tertiary/aromatic N) is 3. The zero-order chi connectivity index (χ0) is 24.6. The second-order valence-corrected chi connectivity index (χ2v) is 9.13. The fraction of sp³-hybridized carbons (Fsp3) is 0.179. The van der Waals surface area contributed by atoms with Gasteiger partial charge in [0.2, 0.25) is 5.82 Å². The van der Waals surface area contributed by atoms with Gasteiger partial charge in [-0.3, -0.25) is 4.90 Å². The number of benzene rings is 3. The van der Waals surface area contributed by atoms with E-state index in [1.807, 2.05) is 79.4 Å². The van der Waals surface area contributed by atoms with Crippen molar-refractivity contribution in [1.82, 2.24) is 15.5 Å². The molecule has 4 aromatic rings. The number of fused-ring (bicyclic) bond motifs is 1. The first-order valence-electron chi connectivity index (χ1n) is 11.8. The quantitative estimate of drug-likeness (QED) is 0.362. The number of anilines is 1. The highest BCUT2D eigenvalue weighted by Gasteiger charge is 2.35. The first-order valence-corrected chi connectivity index (χ1v) is 12.2. The van der Waals surface area contributed by atoms with Crippen LogP contribution in [0.5, 0.6) is 11.5 Å². The summed E-state index contributed by atoms with van der Waals surface area (Å²) in [7, 11) is 0. The third-order valence-corrected chi connectivity index (χ3v) is 6.67. The Hall–Kier alpha value is -4.17. The molecular formula is C28H24N4O3S. The van der Waals surface area contributed by atoms with Crippen LogP contribution in [-0.4, -0.2) is 28.5 Å². The molecule has 3 heterocycles. The van der Waals surface area contributed by atoms with E-state index in [1.54, 1.807) is 0 Å². The topological polar surface area (TPSA) is 72.7 Å². The minimum atomic E-state index is -0.251. The Labute approximate surface area is 214 Å². The molecule has 0 saturated heterocycles. The van der Waals surface area contributed by atoms with Crippen LogP contribution >= 0.6 is 12.2 Å². The monoisotopic (exact) mass is 496 g/mol. The van der Waals surface area contributed by atoms with Gasteiger partial charge in [0.25, 0.3) is 5.89 Å². The summed E-state index contributed by atoms with van der Waals surface area (Å²) in [6.07, 6.45) is 0. The predicted octanol–water partition coefficient (Wildman–Crippen LogP) is 5.68. The summed E-state index contributed by atoms with van der Waals surface area (Å²) < 4.78 is 17.4. The number of thiocarbonyl (C=S) groups is 1. The minimum Gasteiger partial charge on any atom is -0.486 e. The molecule has 1 N–H and O–H groups in total. The molecule has 0 fully saturated rings. The Bertz CT molecular complexity index is 1460. The van der Waals surface area contributed by atoms with Crippen LogP contribution in [-0.2, 0) is 0 Å². The maximum Gasteiger partial charge on any atom is 0.258 e. The van der Waals surface area contributed by atoms with Gasteiger partial charge in [-0.05, 0) is 43.8 Å². The van der Waals surface area contributed by atoms with Crippen LogP contribution in [0.4, 0.5) is 5.69 Å². The standard InChI is InChI=1S/C28H24N4O3S/c1-17-8-10-20(11-9-17)26-30-27(35-31-26)24-18(2)32(21-12-13-22-23(16-21)34-15-14-33-22)28(36)29-25(24)19-6-4-3-5-7-19/h3-13,16,25H,14-15H2,1-2H3,(H,29,36). The predicted molar refractivity (Wildman–Crippen MR) is 142 cm³/mol. The molecule has 0 spiro atoms. The molecule has 2 aliphatic rings. The van der Waals surface area contributed by atoms with Gasteiger partial charge in [-0.15, -0.1) is 0 Å². The van der Waals surface area contributed by atoms with Crippen LogP contribution in [0.15, 0.2) is 83.0 Å². The van der Waals surface area contributed by atoms with E-state index in [1.165, 1.54) is 5.56 Å². The molecule has 0 amide bonds. The summed E-state index contributed by atoms with van der Waals surface area (Å²) in [6, 6.07) is 23.8. The highest BCUT2D eigenvalue weighted by atomic mass is 32.1. The molecule has 1 atom stereocenters. The van der Waals surface area contributed by atoms with Crippen LogP contribution < -0.4 is 19.7 Å². The zero-order valence-corrected chi connectivity index (χ0v) is 20.7. The van der Waals surface area contributed by atoms with Crippen molar-refractivity contribution in [3.05, 3.63) is 95.5 Å². The number of hydrogen-bond acceptors (Lipinski definition) is 6. The molecule has 3 aromatic carbocycles. The second-order valence-electron chi connectivity index (χ2n) is 8.74. The Morgan fingerprint density at radius 3 is 2.44 bits per heavy atom. The fourth-order valence-electron chi connectivity index (χ4n) is 4.55. The molecule has 2 aliphatic heterocycles. The number of nitrogens with one attached hydrogen (secondary N) is 1. The molecule has 36 heavy (non-hydrogen) atoms. The largest absolute Gasteiger partial charge is 0.486 e. The van der Waals surface area contributed by atoms with E-state index >= 15 is 0 Å². The SMILES string of the molecule is CC1=C(c2nc(-c3ccc(C)cc3)no2)C(c2ccccc2)NC(=S)N1c1ccc2c(c1)OCCO2. The summed E-state index contributed by atoms with van der Waals surface area (Å²) in [6.45, 7) is 5.12. The third kappa shape index (κ3) is 3.99. The van der Waals surface area contributed by atoms with Crippen LogP contribution in [0, 0.1) is 6.92 Å². The molecular weight excluding hydrogens is 472 g/mol. The van der Waals surface area contributed by atoms with E-state index in [-0.39, 0.29) is 6.04 Å². The van der Waals surface area contributed by atoms with E-state index in [9.17, 15) is 0 Å². The number of rotatable bonds is 4. The molecule has 1 unspecified atom stereocenters. The lowest BCUT2D eigenvalue weighted by atomic mass is 9.94. The minimum absolute atomic E-state index is 0.251. The lowest BCUT2D eigenvalue weighted by Gasteiger charge is -2.37. The summed E-state index contributed by atoms with van der Waals surface area (Å²) in [4.78, 5) is 6.76. The van der Waals surface area contributed by atoms with Crippen LogP contribution in [0.1, 0.15) is 30.0 Å². The number of ether oxygens (including phenoxy) is 2. The second kappa shape index (κ2) is 9.13. The van der Waals surface area contributed by atoms with Gasteiger partial charge in [0, 0.05) is 17.3 Å². The first kappa shape index (κ1) is 22.3.